The number of hydrogen-bond acceptors (Lipinski definition) is 3. The molecule has 1 aromatic rings. The van der Waals surface area contributed by atoms with Crippen LogP contribution in [0.25, 0.3) is 0 Å². The standard InChI is InChI=1S/C8H12N2S/c1-10-11-8-4-2-7(6-9)3-5-8/h2-5,10H,6,9H2,1H3. The second kappa shape index (κ2) is 4.38. The van der Waals surface area contributed by atoms with Crippen molar-refractivity contribution in [1.29, 1.82) is 0 Å². The van der Waals surface area contributed by atoms with Crippen LogP contribution in [0, 0.1) is 0 Å². The molecule has 0 heterocycles. The van der Waals surface area contributed by atoms with Gasteiger partial charge in [0, 0.05) is 11.4 Å². The number of rotatable bonds is 3. The molecule has 0 amide bonds. The number of nitrogens with two attached hydrogens (primary N) is 1. The van der Waals surface area contributed by atoms with Crippen LogP contribution in [0.4, 0.5) is 0 Å². The Bertz CT molecular complexity index is 208. The molecule has 1 aromatic carbocycles. The highest BCUT2D eigenvalue weighted by atomic mass is 32.2. The Kier molecular flexibility index (Phi) is 3.42. The summed E-state index contributed by atoms with van der Waals surface area (Å²) >= 11 is 1.60. The van der Waals surface area contributed by atoms with Gasteiger partial charge in [0.1, 0.15) is 0 Å². The van der Waals surface area contributed by atoms with Crippen molar-refractivity contribution in [2.75, 3.05) is 7.05 Å². The first-order valence-electron chi connectivity index (χ1n) is 3.49. The van der Waals surface area contributed by atoms with Crippen molar-refractivity contribution in [2.24, 2.45) is 5.73 Å². The van der Waals surface area contributed by atoms with Gasteiger partial charge in [-0.05, 0) is 36.7 Å². The predicted octanol–water partition coefficient (Wildman–Crippen LogP) is 1.37. The predicted molar refractivity (Wildman–Crippen MR) is 49.3 cm³/mol. The van der Waals surface area contributed by atoms with E-state index in [1.54, 1.807) is 11.9 Å². The molecule has 60 valence electrons. The Morgan fingerprint density at radius 2 is 2.00 bits per heavy atom. The molecule has 0 unspecified atom stereocenters. The lowest BCUT2D eigenvalue weighted by Crippen LogP contribution is -1.96. The molecule has 0 saturated carbocycles. The molecule has 0 aliphatic rings. The SMILES string of the molecule is CNSc1ccc(CN)cc1. The average molecular weight is 168 g/mol. The Balaban J connectivity index is 2.66. The van der Waals surface area contributed by atoms with Gasteiger partial charge in [-0.1, -0.05) is 12.1 Å². The summed E-state index contributed by atoms with van der Waals surface area (Å²) < 4.78 is 3.01. The molecular weight excluding hydrogens is 156 g/mol. The van der Waals surface area contributed by atoms with Crippen LogP contribution in [0.2, 0.25) is 0 Å². The zero-order valence-electron chi connectivity index (χ0n) is 6.50. The van der Waals surface area contributed by atoms with Crippen LogP contribution < -0.4 is 10.5 Å². The summed E-state index contributed by atoms with van der Waals surface area (Å²) in [6.45, 7) is 0.616. The monoisotopic (exact) mass is 168 g/mol. The molecule has 0 aliphatic carbocycles. The van der Waals surface area contributed by atoms with Gasteiger partial charge in [-0.25, -0.2) is 0 Å². The van der Waals surface area contributed by atoms with Crippen molar-refractivity contribution in [3.8, 4) is 0 Å². The quantitative estimate of drug-likeness (QED) is 0.669. The maximum atomic E-state index is 5.45. The second-order valence-electron chi connectivity index (χ2n) is 2.15. The van der Waals surface area contributed by atoms with E-state index in [1.165, 1.54) is 10.5 Å². The number of benzene rings is 1. The lowest BCUT2D eigenvalue weighted by molar-refractivity contribution is 1.06. The van der Waals surface area contributed by atoms with E-state index >= 15 is 0 Å². The Hall–Kier alpha value is -0.510. The minimum atomic E-state index is 0.616. The molecule has 0 saturated heterocycles. The fourth-order valence-corrected chi connectivity index (χ4v) is 1.32. The molecule has 0 atom stereocenters. The Labute approximate surface area is 71.3 Å². The van der Waals surface area contributed by atoms with Crippen molar-refractivity contribution >= 4 is 11.9 Å². The number of nitrogens with one attached hydrogen (secondary N) is 1. The van der Waals surface area contributed by atoms with Crippen LogP contribution in [-0.2, 0) is 6.54 Å². The maximum absolute atomic E-state index is 5.45. The smallest absolute Gasteiger partial charge is 0.0228 e. The van der Waals surface area contributed by atoms with Gasteiger partial charge in [0.05, 0.1) is 0 Å². The molecular formula is C8H12N2S. The van der Waals surface area contributed by atoms with Crippen LogP contribution >= 0.6 is 11.9 Å². The fraction of sp³-hybridized carbons (Fsp3) is 0.250. The fourth-order valence-electron chi connectivity index (χ4n) is 0.811. The van der Waals surface area contributed by atoms with Crippen molar-refractivity contribution in [2.45, 2.75) is 11.4 Å². The summed E-state index contributed by atoms with van der Waals surface area (Å²) in [6, 6.07) is 8.20. The third-order valence-electron chi connectivity index (χ3n) is 1.38. The molecule has 3 N–H and O–H groups in total. The van der Waals surface area contributed by atoms with Gasteiger partial charge in [0.15, 0.2) is 0 Å². The summed E-state index contributed by atoms with van der Waals surface area (Å²) in [7, 11) is 1.90. The molecule has 0 spiro atoms. The van der Waals surface area contributed by atoms with Crippen LogP contribution in [0.5, 0.6) is 0 Å². The second-order valence-corrected chi connectivity index (χ2v) is 3.24. The van der Waals surface area contributed by atoms with Gasteiger partial charge in [0.25, 0.3) is 0 Å². The zero-order valence-corrected chi connectivity index (χ0v) is 7.32. The van der Waals surface area contributed by atoms with Gasteiger partial charge in [-0.15, -0.1) is 0 Å². The van der Waals surface area contributed by atoms with Gasteiger partial charge >= 0.3 is 0 Å². The zero-order chi connectivity index (χ0) is 8.10. The largest absolute Gasteiger partial charge is 0.326 e. The summed E-state index contributed by atoms with van der Waals surface area (Å²) in [5.74, 6) is 0. The minimum Gasteiger partial charge on any atom is -0.326 e. The molecule has 0 bridgehead atoms. The third-order valence-corrected chi connectivity index (χ3v) is 2.09. The molecule has 3 heteroatoms. The summed E-state index contributed by atoms with van der Waals surface area (Å²) in [5.41, 5.74) is 6.62. The van der Waals surface area contributed by atoms with Gasteiger partial charge < -0.3 is 5.73 Å². The van der Waals surface area contributed by atoms with E-state index in [2.05, 4.69) is 16.9 Å². The van der Waals surface area contributed by atoms with E-state index in [4.69, 9.17) is 5.73 Å². The third kappa shape index (κ3) is 2.54. The molecule has 11 heavy (non-hydrogen) atoms. The van der Waals surface area contributed by atoms with Crippen LogP contribution in [0.1, 0.15) is 5.56 Å². The van der Waals surface area contributed by atoms with E-state index in [1.807, 2.05) is 19.2 Å². The van der Waals surface area contributed by atoms with Crippen molar-refractivity contribution in [3.05, 3.63) is 29.8 Å². The van der Waals surface area contributed by atoms with E-state index in [-0.39, 0.29) is 0 Å². The van der Waals surface area contributed by atoms with Gasteiger partial charge in [-0.2, -0.15) is 0 Å². The van der Waals surface area contributed by atoms with Crippen molar-refractivity contribution in [1.82, 2.24) is 4.72 Å². The first-order chi connectivity index (χ1) is 5.36. The lowest BCUT2D eigenvalue weighted by atomic mass is 10.2. The molecule has 0 aromatic heterocycles. The highest BCUT2D eigenvalue weighted by Crippen LogP contribution is 2.13. The molecule has 1 rings (SSSR count). The van der Waals surface area contributed by atoms with Crippen molar-refractivity contribution in [3.63, 3.8) is 0 Å². The van der Waals surface area contributed by atoms with Gasteiger partial charge in [-0.3, -0.25) is 4.72 Å². The minimum absolute atomic E-state index is 0.616. The van der Waals surface area contributed by atoms with E-state index in [9.17, 15) is 0 Å². The molecule has 2 nitrogen and oxygen atoms in total. The molecule has 0 radical (unpaired) electrons. The van der Waals surface area contributed by atoms with Crippen LogP contribution in [-0.4, -0.2) is 7.05 Å². The van der Waals surface area contributed by atoms with Crippen molar-refractivity contribution < 1.29 is 0 Å². The number of hydrogen-bond donors (Lipinski definition) is 2. The Morgan fingerprint density at radius 1 is 1.36 bits per heavy atom. The van der Waals surface area contributed by atoms with Gasteiger partial charge in [0.2, 0.25) is 0 Å². The average Bonchev–Trinajstić information content (AvgIpc) is 2.07. The maximum Gasteiger partial charge on any atom is 0.0228 e. The molecule has 0 fully saturated rings. The highest BCUT2D eigenvalue weighted by molar-refractivity contribution is 7.97. The first kappa shape index (κ1) is 8.59. The Morgan fingerprint density at radius 3 is 2.45 bits per heavy atom. The highest BCUT2D eigenvalue weighted by Gasteiger charge is 1.91. The van der Waals surface area contributed by atoms with Crippen LogP contribution in [0.3, 0.4) is 0 Å². The normalized spacial score (nSPS) is 10.0. The van der Waals surface area contributed by atoms with E-state index < -0.39 is 0 Å². The van der Waals surface area contributed by atoms with E-state index in [0.29, 0.717) is 6.54 Å². The summed E-state index contributed by atoms with van der Waals surface area (Å²) in [5, 5.41) is 0. The topological polar surface area (TPSA) is 38.0 Å². The summed E-state index contributed by atoms with van der Waals surface area (Å²) in [4.78, 5) is 1.21. The first-order valence-corrected chi connectivity index (χ1v) is 4.31. The van der Waals surface area contributed by atoms with Crippen LogP contribution in [0.15, 0.2) is 29.2 Å². The lowest BCUT2D eigenvalue weighted by Gasteiger charge is -1.99. The van der Waals surface area contributed by atoms with E-state index in [0.717, 1.165) is 0 Å². The molecule has 0 aliphatic heterocycles. The summed E-state index contributed by atoms with van der Waals surface area (Å²) in [6.07, 6.45) is 0.